The Morgan fingerprint density at radius 1 is 1.23 bits per heavy atom. The van der Waals surface area contributed by atoms with Crippen molar-refractivity contribution in [2.45, 2.75) is 12.8 Å². The molecule has 0 saturated carbocycles. The molecule has 0 aliphatic rings. The fourth-order valence-electron chi connectivity index (χ4n) is 1.84. The minimum absolute atomic E-state index is 0.0388. The van der Waals surface area contributed by atoms with Crippen LogP contribution in [0.2, 0.25) is 0 Å². The maximum atomic E-state index is 11.8. The van der Waals surface area contributed by atoms with Gasteiger partial charge in [0, 0.05) is 12.8 Å². The van der Waals surface area contributed by atoms with Gasteiger partial charge >= 0.3 is 0 Å². The number of nitrogens with zero attached hydrogens (tertiary/aromatic N) is 3. The number of hydrazine groups is 1. The summed E-state index contributed by atoms with van der Waals surface area (Å²) in [5.41, 5.74) is 6.30. The summed E-state index contributed by atoms with van der Waals surface area (Å²) in [5, 5.41) is 1.83. The molecule has 0 saturated heterocycles. The number of hydrogen-bond acceptors (Lipinski definition) is 7. The Bertz CT molecular complexity index is 798. The van der Waals surface area contributed by atoms with E-state index in [0.29, 0.717) is 21.9 Å². The number of nitrogens with one attached hydrogen (secondary N) is 3. The van der Waals surface area contributed by atoms with Gasteiger partial charge in [-0.3, -0.25) is 20.4 Å². The molecule has 0 radical (unpaired) electrons. The van der Waals surface area contributed by atoms with Gasteiger partial charge in [0.2, 0.25) is 5.91 Å². The van der Waals surface area contributed by atoms with Crippen molar-refractivity contribution in [2.24, 2.45) is 0 Å². The largest absolute Gasteiger partial charge is 0.340 e. The molecule has 3 heterocycles. The van der Waals surface area contributed by atoms with Crippen molar-refractivity contribution in [1.82, 2.24) is 25.4 Å². The quantitative estimate of drug-likeness (QED) is 0.469. The van der Waals surface area contributed by atoms with Crippen molar-refractivity contribution in [1.29, 1.82) is 0 Å². The number of carbonyl (C=O) groups is 2. The molecule has 0 aromatic carbocycles. The molecule has 0 bridgehead atoms. The first-order valence-corrected chi connectivity index (χ1v) is 7.37. The summed E-state index contributed by atoms with van der Waals surface area (Å²) in [6.45, 7) is 0. The van der Waals surface area contributed by atoms with Crippen LogP contribution in [-0.4, -0.2) is 31.6 Å². The highest BCUT2D eigenvalue weighted by Gasteiger charge is 2.11. The highest BCUT2D eigenvalue weighted by atomic mass is 32.1. The fourth-order valence-corrected chi connectivity index (χ4v) is 2.53. The summed E-state index contributed by atoms with van der Waals surface area (Å²) in [5.74, 6) is 0.0831. The van der Waals surface area contributed by atoms with Crippen molar-refractivity contribution >= 4 is 40.0 Å². The summed E-state index contributed by atoms with van der Waals surface area (Å²) in [7, 11) is 0. The smallest absolute Gasteiger partial charge is 0.238 e. The Morgan fingerprint density at radius 2 is 2.14 bits per heavy atom. The van der Waals surface area contributed by atoms with Gasteiger partial charge in [-0.1, -0.05) is 6.07 Å². The molecule has 3 aromatic heterocycles. The van der Waals surface area contributed by atoms with Crippen molar-refractivity contribution < 1.29 is 9.59 Å². The molecule has 0 spiro atoms. The summed E-state index contributed by atoms with van der Waals surface area (Å²) in [6, 6.07) is 3.56. The molecule has 0 atom stereocenters. The molecule has 1 amide bonds. The standard InChI is InChI=1S/C13H12N6O2S/c20-8(9-2-1-5-22-9)3-4-10(21)18-19-13-11-12(15-6-14-11)16-7-17-13/h1-2,5-7H,3-4H2,(H,18,21)(H2,14,15,16,17,19). The van der Waals surface area contributed by atoms with Crippen LogP contribution < -0.4 is 10.9 Å². The van der Waals surface area contributed by atoms with Gasteiger partial charge in [-0.05, 0) is 11.4 Å². The van der Waals surface area contributed by atoms with Crippen LogP contribution in [0, 0.1) is 0 Å². The van der Waals surface area contributed by atoms with E-state index in [2.05, 4.69) is 30.8 Å². The molecular formula is C13H12N6O2S. The van der Waals surface area contributed by atoms with E-state index in [1.54, 1.807) is 6.07 Å². The van der Waals surface area contributed by atoms with Gasteiger partial charge in [0.15, 0.2) is 17.2 Å². The number of carbonyl (C=O) groups excluding carboxylic acids is 2. The Kier molecular flexibility index (Phi) is 4.05. The number of thiophene rings is 1. The van der Waals surface area contributed by atoms with Crippen LogP contribution in [0.5, 0.6) is 0 Å². The Morgan fingerprint density at radius 3 is 2.95 bits per heavy atom. The van der Waals surface area contributed by atoms with Crippen LogP contribution in [0.15, 0.2) is 30.2 Å². The highest BCUT2D eigenvalue weighted by Crippen LogP contribution is 2.14. The minimum Gasteiger partial charge on any atom is -0.340 e. The number of H-pyrrole nitrogens is 1. The maximum absolute atomic E-state index is 11.8. The van der Waals surface area contributed by atoms with Crippen molar-refractivity contribution in [3.05, 3.63) is 35.0 Å². The molecule has 3 rings (SSSR count). The van der Waals surface area contributed by atoms with E-state index in [1.807, 2.05) is 11.4 Å². The summed E-state index contributed by atoms with van der Waals surface area (Å²) >= 11 is 1.37. The molecule has 3 N–H and O–H groups in total. The molecule has 0 fully saturated rings. The number of hydrogen-bond donors (Lipinski definition) is 3. The maximum Gasteiger partial charge on any atom is 0.238 e. The normalized spacial score (nSPS) is 10.5. The number of aromatic nitrogens is 4. The van der Waals surface area contributed by atoms with Crippen molar-refractivity contribution in [2.75, 3.05) is 5.43 Å². The molecule has 22 heavy (non-hydrogen) atoms. The van der Waals surface area contributed by atoms with Crippen LogP contribution in [0.3, 0.4) is 0 Å². The van der Waals surface area contributed by atoms with Gasteiger partial charge in [-0.2, -0.15) is 0 Å². The van der Waals surface area contributed by atoms with E-state index in [0.717, 1.165) is 0 Å². The lowest BCUT2D eigenvalue weighted by atomic mass is 10.2. The number of fused-ring (bicyclic) bond motifs is 1. The van der Waals surface area contributed by atoms with E-state index in [9.17, 15) is 9.59 Å². The minimum atomic E-state index is -0.295. The van der Waals surface area contributed by atoms with Crippen molar-refractivity contribution in [3.63, 3.8) is 0 Å². The first kappa shape index (κ1) is 14.1. The Balaban J connectivity index is 1.52. The van der Waals surface area contributed by atoms with Crippen molar-refractivity contribution in [3.8, 4) is 0 Å². The first-order valence-electron chi connectivity index (χ1n) is 6.49. The third kappa shape index (κ3) is 3.09. The van der Waals surface area contributed by atoms with Gasteiger partial charge in [-0.25, -0.2) is 15.0 Å². The van der Waals surface area contributed by atoms with Crippen LogP contribution in [0.4, 0.5) is 5.82 Å². The van der Waals surface area contributed by atoms with Crippen LogP contribution in [0.25, 0.3) is 11.2 Å². The average Bonchev–Trinajstić information content (AvgIpc) is 3.21. The highest BCUT2D eigenvalue weighted by molar-refractivity contribution is 7.12. The summed E-state index contributed by atoms with van der Waals surface area (Å²) in [6.07, 6.45) is 3.10. The molecule has 8 nitrogen and oxygen atoms in total. The number of amides is 1. The number of ketones is 1. The molecular weight excluding hydrogens is 304 g/mol. The summed E-state index contributed by atoms with van der Waals surface area (Å²) in [4.78, 5) is 39.1. The van der Waals surface area contributed by atoms with Crippen LogP contribution in [0.1, 0.15) is 22.5 Å². The third-order valence-corrected chi connectivity index (χ3v) is 3.83. The lowest BCUT2D eigenvalue weighted by molar-refractivity contribution is -0.120. The predicted octanol–water partition coefficient (Wildman–Crippen LogP) is 1.52. The Labute approximate surface area is 129 Å². The predicted molar refractivity (Wildman–Crippen MR) is 81.3 cm³/mol. The zero-order chi connectivity index (χ0) is 15.4. The lowest BCUT2D eigenvalue weighted by Gasteiger charge is -2.07. The molecule has 0 unspecified atom stereocenters. The SMILES string of the molecule is O=C(CCC(=O)c1cccs1)NNc1ncnc2nc[nH]c12. The van der Waals surface area contributed by atoms with Crippen LogP contribution >= 0.6 is 11.3 Å². The van der Waals surface area contributed by atoms with Gasteiger partial charge in [0.05, 0.1) is 11.2 Å². The number of imidazole rings is 1. The molecule has 0 aliphatic carbocycles. The first-order chi connectivity index (χ1) is 10.7. The number of rotatable bonds is 6. The van der Waals surface area contributed by atoms with E-state index in [-0.39, 0.29) is 24.5 Å². The fraction of sp³-hybridized carbons (Fsp3) is 0.154. The van der Waals surface area contributed by atoms with Gasteiger partial charge < -0.3 is 4.98 Å². The van der Waals surface area contributed by atoms with Gasteiger partial charge in [-0.15, -0.1) is 11.3 Å². The monoisotopic (exact) mass is 316 g/mol. The molecule has 112 valence electrons. The van der Waals surface area contributed by atoms with E-state index >= 15 is 0 Å². The second-order valence-corrected chi connectivity index (χ2v) is 5.34. The number of anilines is 1. The van der Waals surface area contributed by atoms with Crippen LogP contribution in [-0.2, 0) is 4.79 Å². The van der Waals surface area contributed by atoms with Gasteiger partial charge in [0.1, 0.15) is 11.8 Å². The summed E-state index contributed by atoms with van der Waals surface area (Å²) < 4.78 is 0. The Hall–Kier alpha value is -2.81. The molecule has 3 aromatic rings. The van der Waals surface area contributed by atoms with E-state index in [4.69, 9.17) is 0 Å². The third-order valence-electron chi connectivity index (χ3n) is 2.92. The average molecular weight is 316 g/mol. The zero-order valence-corrected chi connectivity index (χ0v) is 12.2. The zero-order valence-electron chi connectivity index (χ0n) is 11.4. The molecule has 9 heteroatoms. The number of aromatic amines is 1. The van der Waals surface area contributed by atoms with Gasteiger partial charge in [0.25, 0.3) is 0 Å². The second-order valence-electron chi connectivity index (χ2n) is 4.40. The van der Waals surface area contributed by atoms with E-state index in [1.165, 1.54) is 24.0 Å². The lowest BCUT2D eigenvalue weighted by Crippen LogP contribution is -2.30. The van der Waals surface area contributed by atoms with E-state index < -0.39 is 0 Å². The number of Topliss-reactive ketones (excluding diaryl/α,β-unsaturated/α-hetero) is 1. The molecule has 0 aliphatic heterocycles. The topological polar surface area (TPSA) is 113 Å². The second kappa shape index (κ2) is 6.31.